The van der Waals surface area contributed by atoms with Crippen LogP contribution in [0.3, 0.4) is 0 Å². The molecule has 0 amide bonds. The van der Waals surface area contributed by atoms with Gasteiger partial charge in [-0.15, -0.1) is 0 Å². The Morgan fingerprint density at radius 1 is 1.38 bits per heavy atom. The van der Waals surface area contributed by atoms with Gasteiger partial charge >= 0.3 is 0 Å². The summed E-state index contributed by atoms with van der Waals surface area (Å²) < 4.78 is 0. The normalized spacial score (nSPS) is 29.2. The Kier molecular flexibility index (Phi) is 3.02. The zero-order chi connectivity index (χ0) is 11.9. The Labute approximate surface area is 102 Å². The zero-order valence-electron chi connectivity index (χ0n) is 10.1. The molecule has 0 aromatic heterocycles. The van der Waals surface area contributed by atoms with Crippen molar-refractivity contribution >= 4 is 11.6 Å². The monoisotopic (exact) mass is 238 g/mol. The van der Waals surface area contributed by atoms with Crippen molar-refractivity contribution in [3.63, 3.8) is 0 Å². The van der Waals surface area contributed by atoms with Crippen molar-refractivity contribution in [2.45, 2.75) is 39.2 Å². The molecule has 0 atom stereocenters. The quantitative estimate of drug-likeness (QED) is 0.829. The number of halogens is 1. The van der Waals surface area contributed by atoms with Gasteiger partial charge in [0.25, 0.3) is 0 Å². The highest BCUT2D eigenvalue weighted by atomic mass is 35.5. The van der Waals surface area contributed by atoms with Crippen molar-refractivity contribution in [2.24, 2.45) is 11.8 Å². The summed E-state index contributed by atoms with van der Waals surface area (Å²) in [6.07, 6.45) is 1.73. The minimum atomic E-state index is -0.633. The van der Waals surface area contributed by atoms with Crippen LogP contribution in [0.1, 0.15) is 37.8 Å². The molecule has 2 heteroatoms. The molecule has 1 N–H and O–H groups in total. The van der Waals surface area contributed by atoms with Crippen molar-refractivity contribution in [1.29, 1.82) is 0 Å². The van der Waals surface area contributed by atoms with E-state index in [2.05, 4.69) is 13.8 Å². The first-order valence-electron chi connectivity index (χ1n) is 5.91. The number of hydrogen-bond donors (Lipinski definition) is 1. The van der Waals surface area contributed by atoms with Crippen LogP contribution in [0, 0.1) is 18.8 Å². The molecule has 0 aliphatic heterocycles. The van der Waals surface area contributed by atoms with E-state index in [4.69, 9.17) is 11.6 Å². The average Bonchev–Trinajstić information content (AvgIpc) is 2.17. The van der Waals surface area contributed by atoms with Crippen LogP contribution < -0.4 is 0 Å². The molecule has 88 valence electrons. The number of rotatable bonds is 2. The summed E-state index contributed by atoms with van der Waals surface area (Å²) in [7, 11) is 0. The molecule has 1 saturated carbocycles. The fraction of sp³-hybridized carbons (Fsp3) is 0.571. The molecule has 2 rings (SSSR count). The van der Waals surface area contributed by atoms with Gasteiger partial charge < -0.3 is 5.11 Å². The first-order chi connectivity index (χ1) is 7.42. The van der Waals surface area contributed by atoms with Crippen LogP contribution in [-0.2, 0) is 5.60 Å². The molecule has 0 radical (unpaired) electrons. The van der Waals surface area contributed by atoms with Crippen LogP contribution in [0.25, 0.3) is 0 Å². The van der Waals surface area contributed by atoms with Gasteiger partial charge in [-0.05, 0) is 48.8 Å². The van der Waals surface area contributed by atoms with Crippen LogP contribution in [0.2, 0.25) is 5.02 Å². The van der Waals surface area contributed by atoms with Crippen LogP contribution >= 0.6 is 11.6 Å². The van der Waals surface area contributed by atoms with E-state index < -0.39 is 5.60 Å². The summed E-state index contributed by atoms with van der Waals surface area (Å²) in [4.78, 5) is 0. The van der Waals surface area contributed by atoms with Crippen LogP contribution in [0.5, 0.6) is 0 Å². The van der Waals surface area contributed by atoms with E-state index in [-0.39, 0.29) is 0 Å². The Morgan fingerprint density at radius 2 is 2.00 bits per heavy atom. The number of aryl methyl sites for hydroxylation is 1. The maximum absolute atomic E-state index is 10.5. The second-order valence-corrected chi connectivity index (χ2v) is 5.82. The highest BCUT2D eigenvalue weighted by molar-refractivity contribution is 6.31. The zero-order valence-corrected chi connectivity index (χ0v) is 10.9. The fourth-order valence-electron chi connectivity index (χ4n) is 2.40. The molecular formula is C14H19ClO. The SMILES string of the molecule is Cc1ccc(C2(O)CC(C(C)C)C2)cc1Cl. The fourth-order valence-corrected chi connectivity index (χ4v) is 2.58. The smallest absolute Gasteiger partial charge is 0.0902 e. The molecule has 1 aromatic carbocycles. The second-order valence-electron chi connectivity index (χ2n) is 5.41. The minimum Gasteiger partial charge on any atom is -0.385 e. The van der Waals surface area contributed by atoms with Crippen molar-refractivity contribution in [2.75, 3.05) is 0 Å². The van der Waals surface area contributed by atoms with Crippen molar-refractivity contribution in [3.05, 3.63) is 34.3 Å². The molecule has 0 unspecified atom stereocenters. The summed E-state index contributed by atoms with van der Waals surface area (Å²) in [5.74, 6) is 1.30. The van der Waals surface area contributed by atoms with Gasteiger partial charge in [-0.1, -0.05) is 37.6 Å². The van der Waals surface area contributed by atoms with Gasteiger partial charge in [-0.2, -0.15) is 0 Å². The predicted octanol–water partition coefficient (Wildman–Crippen LogP) is 3.90. The predicted molar refractivity (Wildman–Crippen MR) is 67.6 cm³/mol. The molecule has 0 heterocycles. The van der Waals surface area contributed by atoms with E-state index in [0.717, 1.165) is 29.0 Å². The van der Waals surface area contributed by atoms with Gasteiger partial charge in [0, 0.05) is 5.02 Å². The first kappa shape index (κ1) is 11.9. The van der Waals surface area contributed by atoms with Crippen LogP contribution in [0.15, 0.2) is 18.2 Å². The third-order valence-electron chi connectivity index (χ3n) is 3.85. The Bertz CT molecular complexity index is 392. The lowest BCUT2D eigenvalue weighted by molar-refractivity contribution is -0.0933. The average molecular weight is 239 g/mol. The van der Waals surface area contributed by atoms with Gasteiger partial charge in [0.1, 0.15) is 0 Å². The number of hydrogen-bond acceptors (Lipinski definition) is 1. The molecule has 0 bridgehead atoms. The van der Waals surface area contributed by atoms with Crippen LogP contribution in [0.4, 0.5) is 0 Å². The standard InChI is InChI=1S/C14H19ClO/c1-9(2)11-7-14(16,8-11)12-5-4-10(3)13(15)6-12/h4-6,9,11,16H,7-8H2,1-3H3. The molecule has 1 nitrogen and oxygen atoms in total. The highest BCUT2D eigenvalue weighted by Crippen LogP contribution is 2.49. The molecule has 16 heavy (non-hydrogen) atoms. The first-order valence-corrected chi connectivity index (χ1v) is 6.29. The van der Waals surface area contributed by atoms with Gasteiger partial charge in [0.2, 0.25) is 0 Å². The largest absolute Gasteiger partial charge is 0.385 e. The van der Waals surface area contributed by atoms with Gasteiger partial charge in [0.15, 0.2) is 0 Å². The third kappa shape index (κ3) is 1.99. The second kappa shape index (κ2) is 4.05. The topological polar surface area (TPSA) is 20.2 Å². The maximum atomic E-state index is 10.5. The molecule has 1 aromatic rings. The lowest BCUT2D eigenvalue weighted by Crippen LogP contribution is -2.43. The highest BCUT2D eigenvalue weighted by Gasteiger charge is 2.44. The van der Waals surface area contributed by atoms with Crippen molar-refractivity contribution in [3.8, 4) is 0 Å². The maximum Gasteiger partial charge on any atom is 0.0902 e. The van der Waals surface area contributed by atoms with Crippen LogP contribution in [-0.4, -0.2) is 5.11 Å². The van der Waals surface area contributed by atoms with Crippen molar-refractivity contribution < 1.29 is 5.11 Å². The lowest BCUT2D eigenvalue weighted by Gasteiger charge is -2.46. The summed E-state index contributed by atoms with van der Waals surface area (Å²) in [6.45, 7) is 6.41. The van der Waals surface area contributed by atoms with Gasteiger partial charge in [-0.3, -0.25) is 0 Å². The molecular weight excluding hydrogens is 220 g/mol. The van der Waals surface area contributed by atoms with Gasteiger partial charge in [-0.25, -0.2) is 0 Å². The molecule has 1 aliphatic carbocycles. The van der Waals surface area contributed by atoms with E-state index in [1.807, 2.05) is 25.1 Å². The summed E-state index contributed by atoms with van der Waals surface area (Å²) in [5, 5.41) is 11.2. The number of benzene rings is 1. The Balaban J connectivity index is 2.17. The summed E-state index contributed by atoms with van der Waals surface area (Å²) >= 11 is 6.09. The minimum absolute atomic E-state index is 0.633. The molecule has 0 saturated heterocycles. The lowest BCUT2D eigenvalue weighted by atomic mass is 9.63. The summed E-state index contributed by atoms with van der Waals surface area (Å²) in [5.41, 5.74) is 1.40. The van der Waals surface area contributed by atoms with E-state index in [1.165, 1.54) is 0 Å². The summed E-state index contributed by atoms with van der Waals surface area (Å²) in [6, 6.07) is 5.89. The van der Waals surface area contributed by atoms with Crippen molar-refractivity contribution in [1.82, 2.24) is 0 Å². The van der Waals surface area contributed by atoms with E-state index in [9.17, 15) is 5.11 Å². The van der Waals surface area contributed by atoms with E-state index in [0.29, 0.717) is 11.8 Å². The third-order valence-corrected chi connectivity index (χ3v) is 4.26. The van der Waals surface area contributed by atoms with E-state index in [1.54, 1.807) is 0 Å². The molecule has 1 fully saturated rings. The van der Waals surface area contributed by atoms with Gasteiger partial charge in [0.05, 0.1) is 5.60 Å². The Hall–Kier alpha value is -0.530. The number of aliphatic hydroxyl groups is 1. The van der Waals surface area contributed by atoms with E-state index >= 15 is 0 Å². The molecule has 1 aliphatic rings. The molecule has 0 spiro atoms. The Morgan fingerprint density at radius 3 is 2.50 bits per heavy atom.